The molecule has 0 saturated carbocycles. The quantitative estimate of drug-likeness (QED) is 0.813. The van der Waals surface area contributed by atoms with Crippen LogP contribution in [-0.4, -0.2) is 21.2 Å². The van der Waals surface area contributed by atoms with Crippen LogP contribution in [0.25, 0.3) is 0 Å². The Hall–Kier alpha value is -1.75. The zero-order valence-corrected chi connectivity index (χ0v) is 15.2. The second-order valence-corrected chi connectivity index (χ2v) is 7.25. The number of aryl methyl sites for hydroxylation is 3. The summed E-state index contributed by atoms with van der Waals surface area (Å²) in [5.74, 6) is 0.447. The van der Waals surface area contributed by atoms with Crippen molar-refractivity contribution in [3.8, 4) is 0 Å². The molecule has 0 aliphatic heterocycles. The zero-order chi connectivity index (χ0) is 16.9. The Morgan fingerprint density at radius 2 is 2.12 bits per heavy atom. The van der Waals surface area contributed by atoms with Crippen LogP contribution >= 0.6 is 11.8 Å². The molecular weight excluding hydrogens is 318 g/mol. The van der Waals surface area contributed by atoms with E-state index in [2.05, 4.69) is 42.3 Å². The molecule has 2 aromatic rings. The van der Waals surface area contributed by atoms with Crippen molar-refractivity contribution in [2.45, 2.75) is 57.3 Å². The van der Waals surface area contributed by atoms with Gasteiger partial charge in [-0.15, -0.1) is 0 Å². The van der Waals surface area contributed by atoms with E-state index in [1.807, 2.05) is 10.8 Å². The summed E-state index contributed by atoms with van der Waals surface area (Å²) >= 11 is 1.49. The van der Waals surface area contributed by atoms with Crippen LogP contribution in [0.1, 0.15) is 49.4 Å². The third kappa shape index (κ3) is 4.01. The van der Waals surface area contributed by atoms with Gasteiger partial charge < -0.3 is 9.88 Å². The minimum atomic E-state index is 0.0382. The minimum Gasteiger partial charge on any atom is -0.349 e. The Morgan fingerprint density at radius 3 is 2.92 bits per heavy atom. The van der Waals surface area contributed by atoms with Gasteiger partial charge in [0.2, 0.25) is 5.91 Å². The Labute approximate surface area is 148 Å². The Bertz CT molecular complexity index is 710. The van der Waals surface area contributed by atoms with Gasteiger partial charge in [-0.3, -0.25) is 4.79 Å². The third-order valence-electron chi connectivity index (χ3n) is 4.60. The number of carbonyl (C=O) groups is 1. The number of benzene rings is 1. The molecule has 0 saturated heterocycles. The monoisotopic (exact) mass is 343 g/mol. The molecule has 1 aliphatic rings. The van der Waals surface area contributed by atoms with Crippen molar-refractivity contribution in [3.63, 3.8) is 0 Å². The number of rotatable bonds is 6. The van der Waals surface area contributed by atoms with Crippen molar-refractivity contribution >= 4 is 17.7 Å². The molecule has 1 N–H and O–H groups in total. The fourth-order valence-corrected chi connectivity index (χ4v) is 4.03. The molecule has 0 spiro atoms. The fraction of sp³-hybridized carbons (Fsp3) is 0.474. The molecule has 0 bridgehead atoms. The summed E-state index contributed by atoms with van der Waals surface area (Å²) in [7, 11) is 0. The Balaban J connectivity index is 1.56. The van der Waals surface area contributed by atoms with Gasteiger partial charge in [-0.05, 0) is 56.2 Å². The summed E-state index contributed by atoms with van der Waals surface area (Å²) in [5.41, 5.74) is 4.13. The average molecular weight is 343 g/mol. The molecule has 1 atom stereocenters. The predicted octanol–water partition coefficient (Wildman–Crippen LogP) is 3.75. The van der Waals surface area contributed by atoms with Gasteiger partial charge in [-0.25, -0.2) is 4.98 Å². The number of hydrogen-bond donors (Lipinski definition) is 1. The fourth-order valence-electron chi connectivity index (χ4n) is 3.20. The van der Waals surface area contributed by atoms with Gasteiger partial charge >= 0.3 is 0 Å². The number of fused-ring (bicyclic) bond motifs is 1. The highest BCUT2D eigenvalue weighted by Gasteiger charge is 2.14. The number of thioether (sulfide) groups is 1. The number of amides is 1. The molecular formula is C19H25N3OS. The van der Waals surface area contributed by atoms with Crippen molar-refractivity contribution in [2.75, 3.05) is 5.75 Å². The molecule has 24 heavy (non-hydrogen) atoms. The highest BCUT2D eigenvalue weighted by Crippen LogP contribution is 2.25. The lowest BCUT2D eigenvalue weighted by Gasteiger charge is -2.20. The molecule has 3 rings (SSSR count). The maximum atomic E-state index is 12.2. The Morgan fingerprint density at radius 1 is 1.33 bits per heavy atom. The molecule has 5 heteroatoms. The summed E-state index contributed by atoms with van der Waals surface area (Å²) in [4.78, 5) is 16.5. The lowest BCUT2D eigenvalue weighted by atomic mass is 9.89. The SMILES string of the molecule is CCn1ccnc1SCC(=O)NC(C)c1ccc2c(c1)CCCC2. The topological polar surface area (TPSA) is 46.9 Å². The van der Waals surface area contributed by atoms with Crippen LogP contribution in [0, 0.1) is 0 Å². The van der Waals surface area contributed by atoms with Crippen LogP contribution in [0.15, 0.2) is 35.7 Å². The van der Waals surface area contributed by atoms with Crippen LogP contribution in [0.4, 0.5) is 0 Å². The van der Waals surface area contributed by atoms with E-state index in [-0.39, 0.29) is 11.9 Å². The summed E-state index contributed by atoms with van der Waals surface area (Å²) in [6, 6.07) is 6.71. The van der Waals surface area contributed by atoms with Crippen molar-refractivity contribution in [3.05, 3.63) is 47.3 Å². The molecule has 1 aliphatic carbocycles. The highest BCUT2D eigenvalue weighted by molar-refractivity contribution is 7.99. The summed E-state index contributed by atoms with van der Waals surface area (Å²) in [5, 5.41) is 4.00. The first-order chi connectivity index (χ1) is 11.7. The molecule has 1 amide bonds. The minimum absolute atomic E-state index is 0.0382. The number of nitrogens with one attached hydrogen (secondary N) is 1. The first-order valence-electron chi connectivity index (χ1n) is 8.72. The molecule has 4 nitrogen and oxygen atoms in total. The first-order valence-corrected chi connectivity index (χ1v) is 9.71. The van der Waals surface area contributed by atoms with E-state index < -0.39 is 0 Å². The molecule has 1 unspecified atom stereocenters. The highest BCUT2D eigenvalue weighted by atomic mass is 32.2. The molecule has 0 fully saturated rings. The van der Waals surface area contributed by atoms with Crippen LogP contribution in [-0.2, 0) is 24.2 Å². The van der Waals surface area contributed by atoms with Crippen molar-refractivity contribution < 1.29 is 4.79 Å². The second-order valence-electron chi connectivity index (χ2n) is 6.31. The van der Waals surface area contributed by atoms with E-state index in [0.717, 1.165) is 11.7 Å². The summed E-state index contributed by atoms with van der Waals surface area (Å²) in [6.45, 7) is 5.00. The van der Waals surface area contributed by atoms with Crippen LogP contribution in [0.2, 0.25) is 0 Å². The van der Waals surface area contributed by atoms with E-state index in [4.69, 9.17) is 0 Å². The van der Waals surface area contributed by atoms with Crippen LogP contribution in [0.3, 0.4) is 0 Å². The standard InChI is InChI=1S/C19H25N3OS/c1-3-22-11-10-20-19(22)24-13-18(23)21-14(2)16-9-8-15-6-4-5-7-17(15)12-16/h8-12,14H,3-7,13H2,1-2H3,(H,21,23). The lowest BCUT2D eigenvalue weighted by Crippen LogP contribution is -2.28. The van der Waals surface area contributed by atoms with E-state index in [1.165, 1.54) is 54.1 Å². The average Bonchev–Trinajstić information content (AvgIpc) is 3.07. The van der Waals surface area contributed by atoms with Crippen molar-refractivity contribution in [2.24, 2.45) is 0 Å². The number of imidazole rings is 1. The summed E-state index contributed by atoms with van der Waals surface area (Å²) in [6.07, 6.45) is 8.65. The van der Waals surface area contributed by atoms with Gasteiger partial charge in [0.05, 0.1) is 11.8 Å². The number of hydrogen-bond acceptors (Lipinski definition) is 3. The van der Waals surface area contributed by atoms with Gasteiger partial charge in [-0.1, -0.05) is 30.0 Å². The van der Waals surface area contributed by atoms with E-state index in [1.54, 1.807) is 6.20 Å². The number of carbonyl (C=O) groups excluding carboxylic acids is 1. The third-order valence-corrected chi connectivity index (χ3v) is 5.61. The largest absolute Gasteiger partial charge is 0.349 e. The van der Waals surface area contributed by atoms with Crippen molar-refractivity contribution in [1.29, 1.82) is 0 Å². The number of nitrogens with zero attached hydrogens (tertiary/aromatic N) is 2. The predicted molar refractivity (Wildman–Crippen MR) is 98.3 cm³/mol. The van der Waals surface area contributed by atoms with Gasteiger partial charge in [-0.2, -0.15) is 0 Å². The first kappa shape index (κ1) is 17.1. The normalized spacial score (nSPS) is 14.9. The molecule has 1 heterocycles. The number of aromatic nitrogens is 2. The molecule has 1 aromatic heterocycles. The molecule has 128 valence electrons. The van der Waals surface area contributed by atoms with Gasteiger partial charge in [0.25, 0.3) is 0 Å². The van der Waals surface area contributed by atoms with E-state index in [9.17, 15) is 4.79 Å². The summed E-state index contributed by atoms with van der Waals surface area (Å²) < 4.78 is 2.05. The van der Waals surface area contributed by atoms with Crippen LogP contribution < -0.4 is 5.32 Å². The molecule has 0 radical (unpaired) electrons. The smallest absolute Gasteiger partial charge is 0.230 e. The van der Waals surface area contributed by atoms with Gasteiger partial charge in [0.15, 0.2) is 5.16 Å². The zero-order valence-electron chi connectivity index (χ0n) is 14.4. The van der Waals surface area contributed by atoms with Gasteiger partial charge in [0.1, 0.15) is 0 Å². The van der Waals surface area contributed by atoms with Crippen LogP contribution in [0.5, 0.6) is 0 Å². The van der Waals surface area contributed by atoms with E-state index >= 15 is 0 Å². The maximum absolute atomic E-state index is 12.2. The Kier molecular flexibility index (Phi) is 5.61. The molecule has 1 aromatic carbocycles. The lowest BCUT2D eigenvalue weighted by molar-refractivity contribution is -0.119. The maximum Gasteiger partial charge on any atom is 0.230 e. The van der Waals surface area contributed by atoms with Crippen molar-refractivity contribution in [1.82, 2.24) is 14.9 Å². The second kappa shape index (κ2) is 7.88. The van der Waals surface area contributed by atoms with Gasteiger partial charge in [0, 0.05) is 18.9 Å². The van der Waals surface area contributed by atoms with E-state index in [0.29, 0.717) is 5.75 Å².